The molecule has 2 aromatic rings. The van der Waals surface area contributed by atoms with Crippen LogP contribution in [0.4, 0.5) is 11.4 Å². The van der Waals surface area contributed by atoms with Crippen LogP contribution < -0.4 is 10.6 Å². The highest BCUT2D eigenvalue weighted by atomic mass is 16.6. The number of hydrogen-bond donors (Lipinski definition) is 2. The number of ketones is 2. The molecule has 2 aliphatic heterocycles. The van der Waals surface area contributed by atoms with Gasteiger partial charge < -0.3 is 20.1 Å². The van der Waals surface area contributed by atoms with E-state index in [9.17, 15) is 9.59 Å². The predicted octanol–water partition coefficient (Wildman–Crippen LogP) is 2.08. The molecular formula is C20H18N2O4. The van der Waals surface area contributed by atoms with Crippen molar-refractivity contribution in [2.75, 3.05) is 36.9 Å². The zero-order valence-corrected chi connectivity index (χ0v) is 14.1. The highest BCUT2D eigenvalue weighted by Crippen LogP contribution is 2.35. The van der Waals surface area contributed by atoms with Crippen LogP contribution in [-0.2, 0) is 9.47 Å². The number of fused-ring (bicyclic) bond motifs is 2. The van der Waals surface area contributed by atoms with E-state index in [1.54, 1.807) is 24.3 Å². The smallest absolute Gasteiger partial charge is 0.196 e. The topological polar surface area (TPSA) is 83.3 Å². The molecule has 6 heteroatoms. The van der Waals surface area contributed by atoms with Crippen molar-refractivity contribution >= 4 is 22.9 Å². The van der Waals surface area contributed by atoms with Crippen molar-refractivity contribution in [3.05, 3.63) is 58.7 Å². The second kappa shape index (κ2) is 5.93. The Morgan fingerprint density at radius 3 is 1.58 bits per heavy atom. The van der Waals surface area contributed by atoms with E-state index in [1.807, 2.05) is 12.1 Å². The molecule has 6 nitrogen and oxygen atoms in total. The van der Waals surface area contributed by atoms with Crippen LogP contribution in [0.25, 0.3) is 0 Å². The van der Waals surface area contributed by atoms with Gasteiger partial charge in [-0.1, -0.05) is 24.3 Å². The summed E-state index contributed by atoms with van der Waals surface area (Å²) in [6.07, 6.45) is 0.376. The summed E-state index contributed by atoms with van der Waals surface area (Å²) in [6.45, 7) is 2.73. The summed E-state index contributed by atoms with van der Waals surface area (Å²) in [5.41, 5.74) is 3.17. The Bertz CT molecular complexity index is 841. The van der Waals surface area contributed by atoms with Gasteiger partial charge >= 0.3 is 0 Å². The Labute approximate surface area is 150 Å². The van der Waals surface area contributed by atoms with Crippen molar-refractivity contribution in [3.63, 3.8) is 0 Å². The number of hydrogen-bond acceptors (Lipinski definition) is 6. The van der Waals surface area contributed by atoms with Crippen LogP contribution >= 0.6 is 0 Å². The van der Waals surface area contributed by atoms with Crippen LogP contribution in [0, 0.1) is 0 Å². The number of nitrogens with one attached hydrogen (secondary N) is 2. The third-order valence-electron chi connectivity index (χ3n) is 4.92. The lowest BCUT2D eigenvalue weighted by Crippen LogP contribution is -2.25. The molecule has 5 rings (SSSR count). The molecule has 2 aromatic carbocycles. The quantitative estimate of drug-likeness (QED) is 0.663. The van der Waals surface area contributed by atoms with E-state index >= 15 is 0 Å². The minimum absolute atomic E-state index is 0.124. The van der Waals surface area contributed by atoms with Gasteiger partial charge in [0.1, 0.15) is 0 Å². The standard InChI is InChI=1S/C20H18N2O4/c23-19-13-3-1-5-15(21-7-11-9-25-11)17(13)20(24)14-4-2-6-16(18(14)19)22-8-12-10-26-12/h1-6,11-12,21-22H,7-10H2. The number of carbonyl (C=O) groups excluding carboxylic acids is 2. The third-order valence-corrected chi connectivity index (χ3v) is 4.92. The maximum atomic E-state index is 13.2. The molecule has 0 amide bonds. The Morgan fingerprint density at radius 2 is 1.19 bits per heavy atom. The van der Waals surface area contributed by atoms with E-state index in [0.29, 0.717) is 46.7 Å². The van der Waals surface area contributed by atoms with Gasteiger partial charge in [-0.2, -0.15) is 0 Å². The Morgan fingerprint density at radius 1 is 0.769 bits per heavy atom. The summed E-state index contributed by atoms with van der Waals surface area (Å²) in [7, 11) is 0. The molecule has 1 aliphatic carbocycles. The predicted molar refractivity (Wildman–Crippen MR) is 96.2 cm³/mol. The van der Waals surface area contributed by atoms with Crippen LogP contribution in [0.15, 0.2) is 36.4 Å². The monoisotopic (exact) mass is 350 g/mol. The molecule has 132 valence electrons. The average Bonchev–Trinajstić information content (AvgIpc) is 3.56. The van der Waals surface area contributed by atoms with Crippen molar-refractivity contribution in [2.24, 2.45) is 0 Å². The molecule has 0 radical (unpaired) electrons. The van der Waals surface area contributed by atoms with Crippen LogP contribution in [0.1, 0.15) is 31.8 Å². The van der Waals surface area contributed by atoms with Crippen LogP contribution in [-0.4, -0.2) is 50.1 Å². The Balaban J connectivity index is 1.53. The molecule has 2 N–H and O–H groups in total. The van der Waals surface area contributed by atoms with E-state index in [4.69, 9.17) is 9.47 Å². The zero-order chi connectivity index (χ0) is 17.7. The summed E-state index contributed by atoms with van der Waals surface area (Å²) in [5, 5.41) is 6.50. The number of benzene rings is 2. The van der Waals surface area contributed by atoms with E-state index in [-0.39, 0.29) is 23.8 Å². The van der Waals surface area contributed by atoms with E-state index in [2.05, 4.69) is 10.6 Å². The van der Waals surface area contributed by atoms with Gasteiger partial charge in [0.25, 0.3) is 0 Å². The number of epoxide rings is 2. The van der Waals surface area contributed by atoms with Crippen molar-refractivity contribution in [1.82, 2.24) is 0 Å². The lowest BCUT2D eigenvalue weighted by molar-refractivity contribution is 0.0980. The lowest BCUT2D eigenvalue weighted by atomic mass is 9.82. The number of carbonyl (C=O) groups is 2. The second-order valence-electron chi connectivity index (χ2n) is 6.79. The van der Waals surface area contributed by atoms with Gasteiger partial charge in [0.05, 0.1) is 36.5 Å². The van der Waals surface area contributed by atoms with Gasteiger partial charge in [-0.05, 0) is 12.1 Å². The zero-order valence-electron chi connectivity index (χ0n) is 14.1. The normalized spacial score (nSPS) is 22.5. The molecule has 3 aliphatic rings. The van der Waals surface area contributed by atoms with Gasteiger partial charge in [0.15, 0.2) is 11.6 Å². The Kier molecular flexibility index (Phi) is 3.55. The first kappa shape index (κ1) is 15.5. The molecule has 0 bridgehead atoms. The van der Waals surface area contributed by atoms with Gasteiger partial charge in [-0.3, -0.25) is 9.59 Å². The summed E-state index contributed by atoms with van der Waals surface area (Å²) in [5.74, 6) is -0.249. The fourth-order valence-corrected chi connectivity index (χ4v) is 3.36. The van der Waals surface area contributed by atoms with Crippen molar-refractivity contribution in [3.8, 4) is 0 Å². The molecular weight excluding hydrogens is 332 g/mol. The fraction of sp³-hybridized carbons (Fsp3) is 0.300. The van der Waals surface area contributed by atoms with E-state index in [0.717, 1.165) is 13.2 Å². The summed E-state index contributed by atoms with van der Waals surface area (Å²) < 4.78 is 10.4. The first-order valence-electron chi connectivity index (χ1n) is 8.79. The van der Waals surface area contributed by atoms with Gasteiger partial charge in [-0.15, -0.1) is 0 Å². The molecule has 0 aromatic heterocycles. The summed E-state index contributed by atoms with van der Waals surface area (Å²) >= 11 is 0. The molecule has 0 spiro atoms. The van der Waals surface area contributed by atoms with Crippen LogP contribution in [0.5, 0.6) is 0 Å². The largest absolute Gasteiger partial charge is 0.382 e. The highest BCUT2D eigenvalue weighted by Gasteiger charge is 2.34. The molecule has 0 saturated carbocycles. The highest BCUT2D eigenvalue weighted by molar-refractivity contribution is 6.31. The van der Waals surface area contributed by atoms with Crippen molar-refractivity contribution in [2.45, 2.75) is 12.2 Å². The second-order valence-corrected chi connectivity index (χ2v) is 6.79. The van der Waals surface area contributed by atoms with Crippen LogP contribution in [0.2, 0.25) is 0 Å². The minimum atomic E-state index is -0.124. The van der Waals surface area contributed by atoms with Crippen molar-refractivity contribution in [1.29, 1.82) is 0 Å². The van der Waals surface area contributed by atoms with E-state index < -0.39 is 0 Å². The third kappa shape index (κ3) is 2.67. The number of anilines is 2. The molecule has 2 heterocycles. The van der Waals surface area contributed by atoms with Crippen molar-refractivity contribution < 1.29 is 19.1 Å². The maximum Gasteiger partial charge on any atom is 0.196 e. The molecule has 26 heavy (non-hydrogen) atoms. The van der Waals surface area contributed by atoms with Crippen LogP contribution in [0.3, 0.4) is 0 Å². The first-order valence-corrected chi connectivity index (χ1v) is 8.79. The fourth-order valence-electron chi connectivity index (χ4n) is 3.36. The minimum Gasteiger partial charge on any atom is -0.382 e. The van der Waals surface area contributed by atoms with Gasteiger partial charge in [0, 0.05) is 35.6 Å². The SMILES string of the molecule is O=C1c2cccc(NCC3CO3)c2C(=O)c2cccc(NCC3CO3)c21. The average molecular weight is 350 g/mol. The molecule has 2 fully saturated rings. The first-order chi connectivity index (χ1) is 12.7. The van der Waals surface area contributed by atoms with Gasteiger partial charge in [-0.25, -0.2) is 0 Å². The lowest BCUT2D eigenvalue weighted by Gasteiger charge is -2.23. The van der Waals surface area contributed by atoms with E-state index in [1.165, 1.54) is 0 Å². The van der Waals surface area contributed by atoms with Gasteiger partial charge in [0.2, 0.25) is 0 Å². The number of rotatable bonds is 6. The Hall–Kier alpha value is -2.70. The molecule has 2 unspecified atom stereocenters. The maximum absolute atomic E-state index is 13.2. The molecule has 2 saturated heterocycles. The molecule has 2 atom stereocenters. The number of ether oxygens (including phenoxy) is 2. The summed E-state index contributed by atoms with van der Waals surface area (Å²) in [4.78, 5) is 26.3. The summed E-state index contributed by atoms with van der Waals surface area (Å²) in [6, 6.07) is 10.7.